The van der Waals surface area contributed by atoms with Gasteiger partial charge in [-0.25, -0.2) is 4.79 Å². The lowest BCUT2D eigenvalue weighted by Crippen LogP contribution is -2.03. The molecule has 1 heterocycles. The molecule has 122 valence electrons. The van der Waals surface area contributed by atoms with Crippen LogP contribution in [0.15, 0.2) is 54.6 Å². The molecule has 5 nitrogen and oxygen atoms in total. The molecule has 3 aromatic rings. The molecule has 0 aliphatic carbocycles. The Hall–Kier alpha value is -3.21. The van der Waals surface area contributed by atoms with Gasteiger partial charge in [0.05, 0.1) is 14.2 Å². The van der Waals surface area contributed by atoms with E-state index in [-0.39, 0.29) is 5.75 Å². The number of carbonyl (C=O) groups is 1. The summed E-state index contributed by atoms with van der Waals surface area (Å²) in [5.41, 5.74) is 3.62. The first-order valence-electron chi connectivity index (χ1n) is 7.37. The Bertz CT molecular complexity index is 848. The van der Waals surface area contributed by atoms with Crippen LogP contribution in [0, 0.1) is 0 Å². The number of esters is 1. The van der Waals surface area contributed by atoms with E-state index in [1.807, 2.05) is 30.3 Å². The van der Waals surface area contributed by atoms with Crippen LogP contribution in [0.25, 0.3) is 22.4 Å². The Morgan fingerprint density at radius 2 is 1.58 bits per heavy atom. The van der Waals surface area contributed by atoms with Crippen LogP contribution in [0.5, 0.6) is 11.5 Å². The SMILES string of the molecule is COC(=O)c1[nH]c(-c2ccc(O)cc2)cc1-c1ccc(OC)cc1. The lowest BCUT2D eigenvalue weighted by Gasteiger charge is -2.04. The molecule has 0 fully saturated rings. The molecule has 2 aromatic carbocycles. The van der Waals surface area contributed by atoms with Crippen molar-refractivity contribution in [2.24, 2.45) is 0 Å². The minimum absolute atomic E-state index is 0.189. The molecule has 1 aromatic heterocycles. The molecule has 0 saturated heterocycles. The van der Waals surface area contributed by atoms with E-state index in [4.69, 9.17) is 9.47 Å². The predicted molar refractivity (Wildman–Crippen MR) is 91.2 cm³/mol. The Kier molecular flexibility index (Phi) is 4.24. The number of ether oxygens (including phenoxy) is 2. The van der Waals surface area contributed by atoms with Crippen LogP contribution in [0.3, 0.4) is 0 Å². The van der Waals surface area contributed by atoms with Crippen LogP contribution in [-0.2, 0) is 4.74 Å². The molecule has 5 heteroatoms. The van der Waals surface area contributed by atoms with Crippen molar-refractivity contribution in [2.75, 3.05) is 14.2 Å². The molecule has 0 radical (unpaired) electrons. The average molecular weight is 323 g/mol. The molecule has 0 unspecified atom stereocenters. The summed E-state index contributed by atoms with van der Waals surface area (Å²) in [6, 6.07) is 16.1. The monoisotopic (exact) mass is 323 g/mol. The molecule has 0 aliphatic heterocycles. The highest BCUT2D eigenvalue weighted by atomic mass is 16.5. The van der Waals surface area contributed by atoms with Crippen molar-refractivity contribution in [1.82, 2.24) is 4.98 Å². The highest BCUT2D eigenvalue weighted by Gasteiger charge is 2.18. The van der Waals surface area contributed by atoms with Crippen molar-refractivity contribution in [3.63, 3.8) is 0 Å². The molecule has 0 saturated carbocycles. The van der Waals surface area contributed by atoms with Gasteiger partial charge in [0.15, 0.2) is 0 Å². The molecule has 0 aliphatic rings. The number of phenolic OH excluding ortho intramolecular Hbond substituents is 1. The maximum Gasteiger partial charge on any atom is 0.355 e. The number of phenols is 1. The normalized spacial score (nSPS) is 10.4. The van der Waals surface area contributed by atoms with Crippen molar-refractivity contribution >= 4 is 5.97 Å². The maximum absolute atomic E-state index is 12.1. The minimum atomic E-state index is -0.439. The van der Waals surface area contributed by atoms with Crippen molar-refractivity contribution in [3.05, 3.63) is 60.3 Å². The van der Waals surface area contributed by atoms with Crippen LogP contribution in [0.2, 0.25) is 0 Å². The molecular weight excluding hydrogens is 306 g/mol. The van der Waals surface area contributed by atoms with Gasteiger partial charge in [-0.2, -0.15) is 0 Å². The van der Waals surface area contributed by atoms with Crippen LogP contribution in [-0.4, -0.2) is 30.3 Å². The number of aromatic nitrogens is 1. The van der Waals surface area contributed by atoms with Gasteiger partial charge in [0.1, 0.15) is 17.2 Å². The molecule has 0 spiro atoms. The quantitative estimate of drug-likeness (QED) is 0.715. The van der Waals surface area contributed by atoms with E-state index >= 15 is 0 Å². The molecule has 0 atom stereocenters. The standard InChI is InChI=1S/C19H17NO4/c1-23-15-9-5-12(6-10-15)16-11-17(20-18(16)19(22)24-2)13-3-7-14(21)8-4-13/h3-11,20-21H,1-2H3. The molecular formula is C19H17NO4. The number of aromatic amines is 1. The van der Waals surface area contributed by atoms with Crippen molar-refractivity contribution in [1.29, 1.82) is 0 Å². The number of carbonyl (C=O) groups excluding carboxylic acids is 1. The minimum Gasteiger partial charge on any atom is -0.508 e. The summed E-state index contributed by atoms with van der Waals surface area (Å²) in [5.74, 6) is 0.493. The predicted octanol–water partition coefficient (Wildman–Crippen LogP) is 3.85. The smallest absolute Gasteiger partial charge is 0.355 e. The van der Waals surface area contributed by atoms with E-state index in [0.29, 0.717) is 5.69 Å². The Labute approximate surface area is 139 Å². The van der Waals surface area contributed by atoms with Crippen molar-refractivity contribution in [2.45, 2.75) is 0 Å². The summed E-state index contributed by atoms with van der Waals surface area (Å²) in [7, 11) is 2.95. The lowest BCUT2D eigenvalue weighted by molar-refractivity contribution is 0.0596. The second-order valence-corrected chi connectivity index (χ2v) is 5.24. The average Bonchev–Trinajstić information content (AvgIpc) is 3.07. The maximum atomic E-state index is 12.1. The van der Waals surface area contributed by atoms with E-state index in [9.17, 15) is 9.90 Å². The Morgan fingerprint density at radius 1 is 0.958 bits per heavy atom. The number of rotatable bonds is 4. The van der Waals surface area contributed by atoms with E-state index in [1.54, 1.807) is 31.4 Å². The van der Waals surface area contributed by atoms with Crippen LogP contribution in [0.1, 0.15) is 10.5 Å². The summed E-state index contributed by atoms with van der Waals surface area (Å²) < 4.78 is 10.0. The second kappa shape index (κ2) is 6.50. The number of benzene rings is 2. The van der Waals surface area contributed by atoms with Gasteiger partial charge in [-0.3, -0.25) is 0 Å². The topological polar surface area (TPSA) is 71.6 Å². The zero-order chi connectivity index (χ0) is 17.1. The molecule has 0 amide bonds. The summed E-state index contributed by atoms with van der Waals surface area (Å²) in [5, 5.41) is 9.42. The first-order chi connectivity index (χ1) is 11.6. The van der Waals surface area contributed by atoms with Gasteiger partial charge in [0.2, 0.25) is 0 Å². The Morgan fingerprint density at radius 3 is 2.17 bits per heavy atom. The van der Waals surface area contributed by atoms with Gasteiger partial charge in [0.25, 0.3) is 0 Å². The van der Waals surface area contributed by atoms with Crippen molar-refractivity contribution in [3.8, 4) is 33.9 Å². The first kappa shape index (κ1) is 15.7. The summed E-state index contributed by atoms with van der Waals surface area (Å²) >= 11 is 0. The first-order valence-corrected chi connectivity index (χ1v) is 7.37. The fourth-order valence-corrected chi connectivity index (χ4v) is 2.51. The second-order valence-electron chi connectivity index (χ2n) is 5.24. The molecule has 3 rings (SSSR count). The summed E-state index contributed by atoms with van der Waals surface area (Å²) in [6.45, 7) is 0. The van der Waals surface area contributed by atoms with E-state index in [2.05, 4.69) is 4.98 Å². The lowest BCUT2D eigenvalue weighted by atomic mass is 10.0. The number of nitrogens with one attached hydrogen (secondary N) is 1. The highest BCUT2D eigenvalue weighted by molar-refractivity contribution is 5.97. The van der Waals surface area contributed by atoms with E-state index in [1.165, 1.54) is 7.11 Å². The Balaban J connectivity index is 2.09. The number of hydrogen-bond donors (Lipinski definition) is 2. The van der Waals surface area contributed by atoms with Gasteiger partial charge in [-0.15, -0.1) is 0 Å². The van der Waals surface area contributed by atoms with Gasteiger partial charge in [-0.1, -0.05) is 12.1 Å². The zero-order valence-electron chi connectivity index (χ0n) is 13.4. The number of hydrogen-bond acceptors (Lipinski definition) is 4. The third kappa shape index (κ3) is 2.96. The van der Waals surface area contributed by atoms with Crippen molar-refractivity contribution < 1.29 is 19.4 Å². The summed E-state index contributed by atoms with van der Waals surface area (Å²) in [4.78, 5) is 15.2. The highest BCUT2D eigenvalue weighted by Crippen LogP contribution is 2.31. The number of H-pyrrole nitrogens is 1. The van der Waals surface area contributed by atoms with Gasteiger partial charge in [-0.05, 0) is 53.6 Å². The van der Waals surface area contributed by atoms with Gasteiger partial charge >= 0.3 is 5.97 Å². The van der Waals surface area contributed by atoms with E-state index in [0.717, 1.165) is 28.1 Å². The molecule has 2 N–H and O–H groups in total. The fourth-order valence-electron chi connectivity index (χ4n) is 2.51. The van der Waals surface area contributed by atoms with Crippen LogP contribution >= 0.6 is 0 Å². The molecule has 24 heavy (non-hydrogen) atoms. The van der Waals surface area contributed by atoms with E-state index < -0.39 is 5.97 Å². The number of aromatic hydroxyl groups is 1. The third-order valence-electron chi connectivity index (χ3n) is 3.79. The molecule has 0 bridgehead atoms. The zero-order valence-corrected chi connectivity index (χ0v) is 13.4. The third-order valence-corrected chi connectivity index (χ3v) is 3.79. The van der Waals surface area contributed by atoms with Crippen LogP contribution < -0.4 is 4.74 Å². The van der Waals surface area contributed by atoms with Gasteiger partial charge < -0.3 is 19.6 Å². The largest absolute Gasteiger partial charge is 0.508 e. The van der Waals surface area contributed by atoms with Crippen LogP contribution in [0.4, 0.5) is 0 Å². The number of methoxy groups -OCH3 is 2. The van der Waals surface area contributed by atoms with Gasteiger partial charge in [0, 0.05) is 11.3 Å². The summed E-state index contributed by atoms with van der Waals surface area (Å²) in [6.07, 6.45) is 0. The fraction of sp³-hybridized carbons (Fsp3) is 0.105.